The number of hydrogen-bond acceptors (Lipinski definition) is 4. The number of rotatable bonds is 1. The molecule has 4 nitrogen and oxygen atoms in total. The lowest BCUT2D eigenvalue weighted by molar-refractivity contribution is 0.101. The molecule has 1 atom stereocenters. The van der Waals surface area contributed by atoms with Crippen LogP contribution in [0, 0.1) is 0 Å². The highest BCUT2D eigenvalue weighted by molar-refractivity contribution is 6.12. The maximum absolute atomic E-state index is 12.2. The Morgan fingerprint density at radius 3 is 3.19 bits per heavy atom. The summed E-state index contributed by atoms with van der Waals surface area (Å²) >= 11 is 0. The van der Waals surface area contributed by atoms with Gasteiger partial charge in [0.25, 0.3) is 0 Å². The van der Waals surface area contributed by atoms with Crippen LogP contribution in [-0.4, -0.2) is 17.1 Å². The van der Waals surface area contributed by atoms with Crippen LogP contribution in [0.2, 0.25) is 0 Å². The average molecular weight is 219 g/mol. The summed E-state index contributed by atoms with van der Waals surface area (Å²) in [5, 5.41) is 12.4. The number of carbonyl (C=O) groups excluding carboxylic acids is 1. The Bertz CT molecular complexity index is 498. The van der Waals surface area contributed by atoms with E-state index in [0.29, 0.717) is 12.8 Å². The minimum Gasteiger partial charge on any atom is -0.468 e. The molecule has 1 aliphatic carbocycles. The summed E-state index contributed by atoms with van der Waals surface area (Å²) in [5.74, 6) is 0.744. The Balaban J connectivity index is 2.07. The van der Waals surface area contributed by atoms with Crippen LogP contribution in [0.1, 0.15) is 35.0 Å². The van der Waals surface area contributed by atoms with Gasteiger partial charge in [0.15, 0.2) is 5.78 Å². The first-order chi connectivity index (χ1) is 7.70. The second-order valence-electron chi connectivity index (χ2n) is 4.24. The van der Waals surface area contributed by atoms with Crippen LogP contribution in [-0.2, 0) is 12.8 Å². The lowest BCUT2D eigenvalue weighted by Gasteiger charge is -2.13. The number of ketones is 1. The third-order valence-corrected chi connectivity index (χ3v) is 3.27. The van der Waals surface area contributed by atoms with E-state index in [2.05, 4.69) is 5.32 Å². The summed E-state index contributed by atoms with van der Waals surface area (Å²) in [6, 6.07) is 0. The Hall–Kier alpha value is -1.55. The Morgan fingerprint density at radius 1 is 1.62 bits per heavy atom. The first-order valence-corrected chi connectivity index (χ1v) is 5.51. The smallest absolute Gasteiger partial charge is 0.194 e. The van der Waals surface area contributed by atoms with Gasteiger partial charge in [0, 0.05) is 29.7 Å². The van der Waals surface area contributed by atoms with Gasteiger partial charge >= 0.3 is 0 Å². The van der Waals surface area contributed by atoms with Crippen LogP contribution in [0.15, 0.2) is 22.0 Å². The molecule has 0 bridgehead atoms. The van der Waals surface area contributed by atoms with Gasteiger partial charge in [-0.15, -0.1) is 0 Å². The minimum atomic E-state index is -0.622. The highest BCUT2D eigenvalue weighted by atomic mass is 16.3. The maximum Gasteiger partial charge on any atom is 0.194 e. The number of Topliss-reactive ketones (excluding diaryl/α,β-unsaturated/α-hetero) is 1. The van der Waals surface area contributed by atoms with Gasteiger partial charge in [-0.3, -0.25) is 4.79 Å². The lowest BCUT2D eigenvalue weighted by atomic mass is 9.90. The van der Waals surface area contributed by atoms with Gasteiger partial charge in [0.05, 0.1) is 11.8 Å². The number of furan rings is 1. The molecule has 84 valence electrons. The van der Waals surface area contributed by atoms with Gasteiger partial charge in [-0.25, -0.2) is 0 Å². The molecule has 2 heterocycles. The summed E-state index contributed by atoms with van der Waals surface area (Å²) in [7, 11) is 0. The largest absolute Gasteiger partial charge is 0.468 e. The molecule has 4 heteroatoms. The van der Waals surface area contributed by atoms with Gasteiger partial charge < -0.3 is 14.8 Å². The lowest BCUT2D eigenvalue weighted by Crippen LogP contribution is -2.23. The van der Waals surface area contributed by atoms with Crippen molar-refractivity contribution in [1.29, 1.82) is 0 Å². The Kier molecular flexibility index (Phi) is 1.94. The van der Waals surface area contributed by atoms with Gasteiger partial charge in [-0.1, -0.05) is 6.92 Å². The van der Waals surface area contributed by atoms with Crippen molar-refractivity contribution in [2.24, 2.45) is 0 Å². The molecule has 2 N–H and O–H groups in total. The van der Waals surface area contributed by atoms with Crippen molar-refractivity contribution in [2.75, 3.05) is 0 Å². The van der Waals surface area contributed by atoms with E-state index in [4.69, 9.17) is 4.42 Å². The van der Waals surface area contributed by atoms with Crippen molar-refractivity contribution < 1.29 is 14.3 Å². The Morgan fingerprint density at radius 2 is 2.44 bits per heavy atom. The van der Waals surface area contributed by atoms with Crippen LogP contribution in [0.25, 0.3) is 0 Å². The standard InChI is InChI=1S/C12H13NO3/c1-2-6-5-16-9-4-8-7(3-10(14)13-8)12(15)11(6)9/h5,10,13-14H,2-4H2,1H3. The van der Waals surface area contributed by atoms with Crippen molar-refractivity contribution >= 4 is 5.78 Å². The second kappa shape index (κ2) is 3.22. The van der Waals surface area contributed by atoms with E-state index >= 15 is 0 Å². The molecule has 1 aromatic rings. The fourth-order valence-corrected chi connectivity index (χ4v) is 2.46. The van der Waals surface area contributed by atoms with Crippen LogP contribution < -0.4 is 5.32 Å². The van der Waals surface area contributed by atoms with Crippen LogP contribution in [0.4, 0.5) is 0 Å². The number of nitrogens with one attached hydrogen (secondary N) is 1. The molecule has 0 amide bonds. The summed E-state index contributed by atoms with van der Waals surface area (Å²) in [5.41, 5.74) is 3.23. The van der Waals surface area contributed by atoms with E-state index in [1.54, 1.807) is 6.26 Å². The monoisotopic (exact) mass is 219 g/mol. The topological polar surface area (TPSA) is 62.5 Å². The number of carbonyl (C=O) groups is 1. The van der Waals surface area contributed by atoms with Crippen LogP contribution >= 0.6 is 0 Å². The SMILES string of the molecule is CCc1coc2c1C(=O)C1=C(C2)NC(O)C1. The van der Waals surface area contributed by atoms with Crippen molar-refractivity contribution in [3.05, 3.63) is 34.4 Å². The number of aryl methyl sites for hydroxylation is 1. The predicted molar refractivity (Wildman–Crippen MR) is 56.9 cm³/mol. The van der Waals surface area contributed by atoms with E-state index in [1.807, 2.05) is 6.92 Å². The van der Waals surface area contributed by atoms with Gasteiger partial charge in [-0.2, -0.15) is 0 Å². The summed E-state index contributed by atoms with van der Waals surface area (Å²) in [6.07, 6.45) is 2.84. The number of aliphatic hydroxyl groups excluding tert-OH is 1. The first-order valence-electron chi connectivity index (χ1n) is 5.51. The average Bonchev–Trinajstić information content (AvgIpc) is 2.81. The molecule has 2 aliphatic rings. The van der Waals surface area contributed by atoms with E-state index in [-0.39, 0.29) is 5.78 Å². The minimum absolute atomic E-state index is 0.0194. The van der Waals surface area contributed by atoms with Crippen molar-refractivity contribution in [3.63, 3.8) is 0 Å². The van der Waals surface area contributed by atoms with E-state index in [1.165, 1.54) is 0 Å². The molecule has 0 saturated carbocycles. The summed E-state index contributed by atoms with van der Waals surface area (Å²) in [6.45, 7) is 2.00. The van der Waals surface area contributed by atoms with Crippen LogP contribution in [0.3, 0.4) is 0 Å². The van der Waals surface area contributed by atoms with Gasteiger partial charge in [0.1, 0.15) is 12.0 Å². The molecular weight excluding hydrogens is 206 g/mol. The zero-order valence-electron chi connectivity index (χ0n) is 9.04. The van der Waals surface area contributed by atoms with E-state index in [0.717, 1.165) is 34.6 Å². The quantitative estimate of drug-likeness (QED) is 0.743. The molecule has 3 rings (SSSR count). The van der Waals surface area contributed by atoms with E-state index < -0.39 is 6.23 Å². The number of aliphatic hydroxyl groups is 1. The summed E-state index contributed by atoms with van der Waals surface area (Å²) < 4.78 is 5.42. The Labute approximate surface area is 92.9 Å². The molecular formula is C12H13NO3. The molecule has 1 unspecified atom stereocenters. The highest BCUT2D eigenvalue weighted by Crippen LogP contribution is 2.34. The fourth-order valence-electron chi connectivity index (χ4n) is 2.46. The molecule has 1 aliphatic heterocycles. The zero-order valence-corrected chi connectivity index (χ0v) is 9.04. The zero-order chi connectivity index (χ0) is 11.3. The second-order valence-corrected chi connectivity index (χ2v) is 4.24. The maximum atomic E-state index is 12.2. The third kappa shape index (κ3) is 1.16. The van der Waals surface area contributed by atoms with Gasteiger partial charge in [-0.05, 0) is 6.42 Å². The number of hydrogen-bond donors (Lipinski definition) is 2. The van der Waals surface area contributed by atoms with E-state index in [9.17, 15) is 9.90 Å². The number of allylic oxidation sites excluding steroid dienone is 1. The molecule has 0 fully saturated rings. The van der Waals surface area contributed by atoms with Crippen LogP contribution in [0.5, 0.6) is 0 Å². The molecule has 0 aromatic carbocycles. The number of fused-ring (bicyclic) bond motifs is 1. The molecule has 0 radical (unpaired) electrons. The van der Waals surface area contributed by atoms with Crippen molar-refractivity contribution in [3.8, 4) is 0 Å². The third-order valence-electron chi connectivity index (χ3n) is 3.27. The summed E-state index contributed by atoms with van der Waals surface area (Å²) in [4.78, 5) is 12.2. The van der Waals surface area contributed by atoms with Crippen molar-refractivity contribution in [2.45, 2.75) is 32.4 Å². The molecule has 0 spiro atoms. The normalized spacial score (nSPS) is 23.1. The van der Waals surface area contributed by atoms with Gasteiger partial charge in [0.2, 0.25) is 0 Å². The first kappa shape index (κ1) is 9.66. The van der Waals surface area contributed by atoms with Crippen molar-refractivity contribution in [1.82, 2.24) is 5.32 Å². The predicted octanol–water partition coefficient (Wildman–Crippen LogP) is 1.15. The molecule has 16 heavy (non-hydrogen) atoms. The molecule has 0 saturated heterocycles. The molecule has 1 aromatic heterocycles. The fraction of sp³-hybridized carbons (Fsp3) is 0.417. The highest BCUT2D eigenvalue weighted by Gasteiger charge is 2.35.